The van der Waals surface area contributed by atoms with Crippen molar-refractivity contribution in [3.63, 3.8) is 0 Å². The molecule has 1 aromatic rings. The maximum Gasteiger partial charge on any atom is 0.410 e. The predicted octanol–water partition coefficient (Wildman–Crippen LogP) is 3.20. The van der Waals surface area contributed by atoms with Crippen LogP contribution in [0.2, 0.25) is 0 Å². The Morgan fingerprint density at radius 1 is 1.18 bits per heavy atom. The lowest BCUT2D eigenvalue weighted by Crippen LogP contribution is -2.54. The Labute approximate surface area is 202 Å². The van der Waals surface area contributed by atoms with Gasteiger partial charge in [-0.05, 0) is 51.5 Å². The smallest absolute Gasteiger partial charge is 0.410 e. The van der Waals surface area contributed by atoms with Gasteiger partial charge in [0.2, 0.25) is 5.91 Å². The Bertz CT molecular complexity index is 809. The van der Waals surface area contributed by atoms with E-state index in [9.17, 15) is 19.5 Å². The van der Waals surface area contributed by atoms with E-state index in [1.807, 2.05) is 44.2 Å². The molecule has 2 rings (SSSR count). The van der Waals surface area contributed by atoms with Gasteiger partial charge in [-0.1, -0.05) is 44.2 Å². The normalized spacial score (nSPS) is 19.7. The minimum atomic E-state index is -0.955. The summed E-state index contributed by atoms with van der Waals surface area (Å²) >= 11 is 0. The molecule has 0 aromatic heterocycles. The van der Waals surface area contributed by atoms with Crippen molar-refractivity contribution in [2.75, 3.05) is 13.1 Å². The highest BCUT2D eigenvalue weighted by molar-refractivity contribution is 5.85. The fourth-order valence-electron chi connectivity index (χ4n) is 3.69. The van der Waals surface area contributed by atoms with Crippen molar-refractivity contribution in [3.8, 4) is 0 Å². The summed E-state index contributed by atoms with van der Waals surface area (Å²) in [6.07, 6.45) is -0.606. The van der Waals surface area contributed by atoms with E-state index in [2.05, 4.69) is 10.6 Å². The molecule has 3 amide bonds. The van der Waals surface area contributed by atoms with Crippen molar-refractivity contribution in [2.24, 2.45) is 5.92 Å². The Hall–Kier alpha value is -2.81. The molecule has 0 bridgehead atoms. The minimum absolute atomic E-state index is 0.0568. The summed E-state index contributed by atoms with van der Waals surface area (Å²) in [4.78, 5) is 39.2. The Balaban J connectivity index is 1.94. The van der Waals surface area contributed by atoms with Crippen LogP contribution >= 0.6 is 0 Å². The number of rotatable bonds is 7. The van der Waals surface area contributed by atoms with Gasteiger partial charge in [-0.2, -0.15) is 0 Å². The van der Waals surface area contributed by atoms with Crippen molar-refractivity contribution in [1.82, 2.24) is 15.5 Å². The number of nitrogens with one attached hydrogen (secondary N) is 2. The number of β-amino-alcohol motifs (C(OH)–C–C–N with tert-alkyl or cyclic N) is 1. The van der Waals surface area contributed by atoms with Crippen LogP contribution in [-0.4, -0.2) is 65.0 Å². The number of hydrogen-bond acceptors (Lipinski definition) is 6. The summed E-state index contributed by atoms with van der Waals surface area (Å²) in [5.41, 5.74) is 0.214. The number of amides is 3. The molecule has 9 heteroatoms. The van der Waals surface area contributed by atoms with Crippen LogP contribution < -0.4 is 10.6 Å². The molecule has 1 aromatic carbocycles. The largest absolute Gasteiger partial charge is 0.445 e. The first-order valence-corrected chi connectivity index (χ1v) is 11.9. The summed E-state index contributed by atoms with van der Waals surface area (Å²) < 4.78 is 10.7. The summed E-state index contributed by atoms with van der Waals surface area (Å²) in [6.45, 7) is 9.86. The first-order chi connectivity index (χ1) is 15.9. The quantitative estimate of drug-likeness (QED) is 0.555. The third-order valence-electron chi connectivity index (χ3n) is 5.32. The number of aliphatic hydroxyl groups excluding tert-OH is 1. The van der Waals surface area contributed by atoms with Crippen molar-refractivity contribution in [3.05, 3.63) is 35.9 Å². The van der Waals surface area contributed by atoms with Gasteiger partial charge in [0.15, 0.2) is 0 Å². The van der Waals surface area contributed by atoms with Gasteiger partial charge in [0.1, 0.15) is 18.2 Å². The second kappa shape index (κ2) is 12.6. The maximum atomic E-state index is 13.0. The molecule has 1 fully saturated rings. The van der Waals surface area contributed by atoms with Crippen LogP contribution in [0, 0.1) is 5.92 Å². The van der Waals surface area contributed by atoms with Gasteiger partial charge < -0.3 is 30.1 Å². The lowest BCUT2D eigenvalue weighted by Gasteiger charge is -2.29. The van der Waals surface area contributed by atoms with Gasteiger partial charge in [-0.3, -0.25) is 4.79 Å². The fourth-order valence-corrected chi connectivity index (χ4v) is 3.69. The monoisotopic (exact) mass is 477 g/mol. The van der Waals surface area contributed by atoms with E-state index in [1.54, 1.807) is 20.8 Å². The number of hydrogen-bond donors (Lipinski definition) is 3. The summed E-state index contributed by atoms with van der Waals surface area (Å²) in [6, 6.07) is 7.93. The molecule has 3 atom stereocenters. The Kier molecular flexibility index (Phi) is 10.2. The van der Waals surface area contributed by atoms with Crippen molar-refractivity contribution in [1.29, 1.82) is 0 Å². The molecule has 0 aliphatic carbocycles. The SMILES string of the molecule is CC(C)C[C@H](NC(=O)OCc1ccccc1)C(=O)NC1CCCN(C(=O)OC(C)(C)C)CC1O. The first kappa shape index (κ1) is 27.4. The zero-order valence-corrected chi connectivity index (χ0v) is 20.9. The third kappa shape index (κ3) is 9.59. The van der Waals surface area contributed by atoms with Gasteiger partial charge in [0.25, 0.3) is 0 Å². The maximum absolute atomic E-state index is 13.0. The zero-order chi connectivity index (χ0) is 25.3. The highest BCUT2D eigenvalue weighted by Crippen LogP contribution is 2.17. The number of likely N-dealkylation sites (tertiary alicyclic amines) is 1. The van der Waals surface area contributed by atoms with Crippen LogP contribution in [0.3, 0.4) is 0 Å². The molecule has 0 radical (unpaired) electrons. The van der Waals surface area contributed by atoms with Crippen LogP contribution in [0.5, 0.6) is 0 Å². The number of ether oxygens (including phenoxy) is 2. The zero-order valence-electron chi connectivity index (χ0n) is 20.9. The molecule has 9 nitrogen and oxygen atoms in total. The molecule has 2 unspecified atom stereocenters. The standard InChI is InChI=1S/C25H39N3O6/c1-17(2)14-20(27-23(31)33-16-18-10-7-6-8-11-18)22(30)26-19-12-9-13-28(15-21(19)29)24(32)34-25(3,4)5/h6-8,10-11,17,19-21,29H,9,12-16H2,1-5H3,(H,26,30)(H,27,31)/t19?,20-,21?/m0/s1. The molecule has 0 spiro atoms. The number of nitrogens with zero attached hydrogens (tertiary/aromatic N) is 1. The summed E-state index contributed by atoms with van der Waals surface area (Å²) in [7, 11) is 0. The molecule has 1 aliphatic heterocycles. The van der Waals surface area contributed by atoms with Crippen molar-refractivity contribution >= 4 is 18.1 Å². The number of benzene rings is 1. The molecular weight excluding hydrogens is 438 g/mol. The molecule has 190 valence electrons. The van der Waals surface area contributed by atoms with E-state index in [1.165, 1.54) is 4.90 Å². The van der Waals surface area contributed by atoms with Crippen LogP contribution in [-0.2, 0) is 20.9 Å². The average molecular weight is 478 g/mol. The number of carbonyl (C=O) groups is 3. The number of aliphatic hydroxyl groups is 1. The third-order valence-corrected chi connectivity index (χ3v) is 5.32. The first-order valence-electron chi connectivity index (χ1n) is 11.9. The highest BCUT2D eigenvalue weighted by atomic mass is 16.6. The highest BCUT2D eigenvalue weighted by Gasteiger charge is 2.33. The van der Waals surface area contributed by atoms with Crippen molar-refractivity contribution < 1.29 is 29.0 Å². The van der Waals surface area contributed by atoms with E-state index in [0.717, 1.165) is 5.56 Å². The lowest BCUT2D eigenvalue weighted by molar-refractivity contribution is -0.125. The summed E-state index contributed by atoms with van der Waals surface area (Å²) in [5, 5.41) is 16.2. The van der Waals surface area contributed by atoms with Gasteiger partial charge in [0.05, 0.1) is 18.7 Å². The number of carbonyl (C=O) groups excluding carboxylic acids is 3. The van der Waals surface area contributed by atoms with Crippen LogP contribution in [0.4, 0.5) is 9.59 Å². The Morgan fingerprint density at radius 2 is 1.85 bits per heavy atom. The van der Waals surface area contributed by atoms with E-state index in [-0.39, 0.29) is 25.0 Å². The second-order valence-electron chi connectivity index (χ2n) is 10.1. The van der Waals surface area contributed by atoms with E-state index in [4.69, 9.17) is 9.47 Å². The molecule has 3 N–H and O–H groups in total. The fraction of sp³-hybridized carbons (Fsp3) is 0.640. The average Bonchev–Trinajstić information content (AvgIpc) is 2.92. The Morgan fingerprint density at radius 3 is 2.47 bits per heavy atom. The van der Waals surface area contributed by atoms with E-state index in [0.29, 0.717) is 25.8 Å². The van der Waals surface area contributed by atoms with Crippen LogP contribution in [0.1, 0.15) is 59.4 Å². The van der Waals surface area contributed by atoms with E-state index < -0.39 is 36.0 Å². The van der Waals surface area contributed by atoms with Gasteiger partial charge in [-0.15, -0.1) is 0 Å². The molecule has 1 heterocycles. The van der Waals surface area contributed by atoms with Crippen LogP contribution in [0.25, 0.3) is 0 Å². The van der Waals surface area contributed by atoms with Gasteiger partial charge in [0, 0.05) is 6.54 Å². The van der Waals surface area contributed by atoms with Crippen molar-refractivity contribution in [2.45, 2.75) is 84.3 Å². The molecular formula is C25H39N3O6. The summed E-state index contributed by atoms with van der Waals surface area (Å²) in [5.74, 6) is -0.244. The lowest BCUT2D eigenvalue weighted by atomic mass is 10.0. The predicted molar refractivity (Wildman–Crippen MR) is 128 cm³/mol. The van der Waals surface area contributed by atoms with E-state index >= 15 is 0 Å². The molecule has 1 saturated heterocycles. The molecule has 0 saturated carbocycles. The molecule has 34 heavy (non-hydrogen) atoms. The molecule has 1 aliphatic rings. The van der Waals surface area contributed by atoms with Gasteiger partial charge >= 0.3 is 12.2 Å². The second-order valence-corrected chi connectivity index (χ2v) is 10.1. The minimum Gasteiger partial charge on any atom is -0.445 e. The van der Waals surface area contributed by atoms with Crippen LogP contribution in [0.15, 0.2) is 30.3 Å². The topological polar surface area (TPSA) is 117 Å². The van der Waals surface area contributed by atoms with Gasteiger partial charge in [-0.25, -0.2) is 9.59 Å². The number of alkyl carbamates (subject to hydrolysis) is 1.